The summed E-state index contributed by atoms with van der Waals surface area (Å²) in [5.41, 5.74) is 7.82. The smallest absolute Gasteiger partial charge is 0.224 e. The van der Waals surface area contributed by atoms with Crippen LogP contribution in [0.25, 0.3) is 16.9 Å². The number of amides is 1. The van der Waals surface area contributed by atoms with Gasteiger partial charge in [0.15, 0.2) is 5.65 Å². The highest BCUT2D eigenvalue weighted by molar-refractivity contribution is 5.90. The molecule has 1 amide bonds. The van der Waals surface area contributed by atoms with Crippen molar-refractivity contribution in [1.82, 2.24) is 14.6 Å². The predicted octanol–water partition coefficient (Wildman–Crippen LogP) is 4.89. The van der Waals surface area contributed by atoms with Gasteiger partial charge in [-0.15, -0.1) is 0 Å². The lowest BCUT2D eigenvalue weighted by atomic mass is 10.1. The zero-order chi connectivity index (χ0) is 20.4. The van der Waals surface area contributed by atoms with Crippen molar-refractivity contribution in [2.24, 2.45) is 0 Å². The van der Waals surface area contributed by atoms with E-state index in [1.807, 2.05) is 86.0 Å². The Bertz CT molecular complexity index is 1160. The largest absolute Gasteiger partial charge is 0.326 e. The van der Waals surface area contributed by atoms with Crippen LogP contribution in [0.1, 0.15) is 28.9 Å². The molecule has 4 aromatic rings. The fraction of sp³-hybridized carbons (Fsp3) is 0.208. The molecule has 2 aromatic heterocycles. The van der Waals surface area contributed by atoms with Crippen molar-refractivity contribution in [2.75, 3.05) is 5.32 Å². The number of aromatic nitrogens is 3. The van der Waals surface area contributed by atoms with Crippen LogP contribution >= 0.6 is 0 Å². The summed E-state index contributed by atoms with van der Waals surface area (Å²) in [5.74, 6) is -0.00168. The van der Waals surface area contributed by atoms with Gasteiger partial charge in [-0.3, -0.25) is 4.79 Å². The Morgan fingerprint density at radius 2 is 1.72 bits per heavy atom. The van der Waals surface area contributed by atoms with Crippen molar-refractivity contribution in [3.05, 3.63) is 83.2 Å². The molecule has 1 N–H and O–H groups in total. The molecule has 146 valence electrons. The number of hydrogen-bond acceptors (Lipinski definition) is 3. The minimum Gasteiger partial charge on any atom is -0.326 e. The van der Waals surface area contributed by atoms with Gasteiger partial charge in [0.05, 0.1) is 5.69 Å². The summed E-state index contributed by atoms with van der Waals surface area (Å²) in [4.78, 5) is 17.1. The van der Waals surface area contributed by atoms with Crippen LogP contribution in [0.3, 0.4) is 0 Å². The Morgan fingerprint density at radius 1 is 1.00 bits per heavy atom. The van der Waals surface area contributed by atoms with Gasteiger partial charge in [0.2, 0.25) is 5.91 Å². The van der Waals surface area contributed by atoms with Crippen LogP contribution < -0.4 is 5.32 Å². The van der Waals surface area contributed by atoms with Crippen molar-refractivity contribution >= 4 is 17.2 Å². The first kappa shape index (κ1) is 18.9. The van der Waals surface area contributed by atoms with Gasteiger partial charge in [-0.05, 0) is 44.9 Å². The minimum atomic E-state index is -0.00168. The van der Waals surface area contributed by atoms with E-state index >= 15 is 0 Å². The number of hydrogen-bond donors (Lipinski definition) is 1. The van der Waals surface area contributed by atoms with Gasteiger partial charge in [0, 0.05) is 35.1 Å². The normalized spacial score (nSPS) is 11.0. The zero-order valence-corrected chi connectivity index (χ0v) is 16.9. The maximum absolute atomic E-state index is 12.4. The van der Waals surface area contributed by atoms with E-state index in [0.29, 0.717) is 12.8 Å². The Balaban J connectivity index is 1.54. The van der Waals surface area contributed by atoms with E-state index in [2.05, 4.69) is 5.32 Å². The van der Waals surface area contributed by atoms with E-state index in [1.165, 1.54) is 5.56 Å². The van der Waals surface area contributed by atoms with E-state index in [9.17, 15) is 4.79 Å². The number of fused-ring (bicyclic) bond motifs is 1. The standard InChI is InChI=1S/C24H24N4O/c1-16-9-11-20(12-10-16)26-24(29)14-13-21-17(2)25-23-15-22(27-28(23)18(21)3)19-7-5-4-6-8-19/h4-12,15H,13-14H2,1-3H3,(H,26,29). The average Bonchev–Trinajstić information content (AvgIpc) is 3.14. The molecule has 4 rings (SSSR count). The number of aryl methyl sites for hydroxylation is 3. The molecule has 29 heavy (non-hydrogen) atoms. The molecule has 0 atom stereocenters. The molecule has 0 radical (unpaired) electrons. The van der Waals surface area contributed by atoms with Crippen molar-refractivity contribution in [1.29, 1.82) is 0 Å². The van der Waals surface area contributed by atoms with Crippen molar-refractivity contribution in [2.45, 2.75) is 33.6 Å². The van der Waals surface area contributed by atoms with Gasteiger partial charge in [-0.25, -0.2) is 9.50 Å². The molecule has 0 fully saturated rings. The molecule has 0 spiro atoms. The number of nitrogens with zero attached hydrogens (tertiary/aromatic N) is 3. The van der Waals surface area contributed by atoms with E-state index in [4.69, 9.17) is 10.1 Å². The molecule has 0 aliphatic carbocycles. The SMILES string of the molecule is Cc1ccc(NC(=O)CCc2c(C)nc3cc(-c4ccccc4)nn3c2C)cc1. The lowest BCUT2D eigenvalue weighted by molar-refractivity contribution is -0.116. The van der Waals surface area contributed by atoms with Crippen molar-refractivity contribution in [3.63, 3.8) is 0 Å². The molecular formula is C24H24N4O. The third-order valence-electron chi connectivity index (χ3n) is 5.17. The van der Waals surface area contributed by atoms with Crippen LogP contribution in [-0.2, 0) is 11.2 Å². The molecule has 0 saturated carbocycles. The van der Waals surface area contributed by atoms with Crippen LogP contribution in [0.2, 0.25) is 0 Å². The summed E-state index contributed by atoms with van der Waals surface area (Å²) in [6.45, 7) is 6.06. The topological polar surface area (TPSA) is 59.3 Å². The third kappa shape index (κ3) is 4.04. The first-order valence-electron chi connectivity index (χ1n) is 9.79. The molecule has 5 heteroatoms. The molecular weight excluding hydrogens is 360 g/mol. The minimum absolute atomic E-state index is 0.00168. The molecule has 2 heterocycles. The first-order valence-corrected chi connectivity index (χ1v) is 9.79. The molecule has 0 unspecified atom stereocenters. The van der Waals surface area contributed by atoms with Gasteiger partial charge in [-0.2, -0.15) is 5.10 Å². The highest BCUT2D eigenvalue weighted by Crippen LogP contribution is 2.22. The van der Waals surface area contributed by atoms with Gasteiger partial charge >= 0.3 is 0 Å². The Hall–Kier alpha value is -3.47. The molecule has 2 aromatic carbocycles. The maximum Gasteiger partial charge on any atom is 0.224 e. The van der Waals surface area contributed by atoms with Crippen LogP contribution in [-0.4, -0.2) is 20.5 Å². The van der Waals surface area contributed by atoms with E-state index in [-0.39, 0.29) is 5.91 Å². The van der Waals surface area contributed by atoms with E-state index < -0.39 is 0 Å². The average molecular weight is 384 g/mol. The van der Waals surface area contributed by atoms with E-state index in [0.717, 1.165) is 39.5 Å². The second kappa shape index (κ2) is 7.87. The summed E-state index contributed by atoms with van der Waals surface area (Å²) >= 11 is 0. The van der Waals surface area contributed by atoms with Gasteiger partial charge in [0.25, 0.3) is 0 Å². The van der Waals surface area contributed by atoms with Gasteiger partial charge in [-0.1, -0.05) is 48.0 Å². The van der Waals surface area contributed by atoms with Crippen LogP contribution in [0.4, 0.5) is 5.69 Å². The Labute approximate surface area is 170 Å². The molecule has 0 aliphatic heterocycles. The van der Waals surface area contributed by atoms with Gasteiger partial charge in [0.1, 0.15) is 0 Å². The highest BCUT2D eigenvalue weighted by atomic mass is 16.1. The molecule has 0 bridgehead atoms. The molecule has 5 nitrogen and oxygen atoms in total. The second-order valence-electron chi connectivity index (χ2n) is 7.34. The predicted molar refractivity (Wildman–Crippen MR) is 116 cm³/mol. The quantitative estimate of drug-likeness (QED) is 0.533. The summed E-state index contributed by atoms with van der Waals surface area (Å²) in [7, 11) is 0. The Morgan fingerprint density at radius 3 is 2.45 bits per heavy atom. The third-order valence-corrected chi connectivity index (χ3v) is 5.17. The fourth-order valence-electron chi connectivity index (χ4n) is 3.54. The monoisotopic (exact) mass is 384 g/mol. The summed E-state index contributed by atoms with van der Waals surface area (Å²) in [6, 6.07) is 19.9. The number of carbonyl (C=O) groups is 1. The van der Waals surface area contributed by atoms with Crippen LogP contribution in [0, 0.1) is 20.8 Å². The summed E-state index contributed by atoms with van der Waals surface area (Å²) < 4.78 is 1.88. The number of benzene rings is 2. The van der Waals surface area contributed by atoms with Crippen molar-refractivity contribution < 1.29 is 4.79 Å². The lowest BCUT2D eigenvalue weighted by Crippen LogP contribution is -2.14. The molecule has 0 saturated heterocycles. The number of anilines is 1. The van der Waals surface area contributed by atoms with Crippen LogP contribution in [0.5, 0.6) is 0 Å². The summed E-state index contributed by atoms with van der Waals surface area (Å²) in [5, 5.41) is 7.70. The highest BCUT2D eigenvalue weighted by Gasteiger charge is 2.14. The molecule has 0 aliphatic rings. The first-order chi connectivity index (χ1) is 14.0. The number of nitrogens with one attached hydrogen (secondary N) is 1. The zero-order valence-electron chi connectivity index (χ0n) is 16.9. The number of carbonyl (C=O) groups excluding carboxylic acids is 1. The Kier molecular flexibility index (Phi) is 5.12. The van der Waals surface area contributed by atoms with Crippen LogP contribution in [0.15, 0.2) is 60.7 Å². The van der Waals surface area contributed by atoms with E-state index in [1.54, 1.807) is 0 Å². The fourth-order valence-corrected chi connectivity index (χ4v) is 3.54. The number of rotatable bonds is 5. The summed E-state index contributed by atoms with van der Waals surface area (Å²) in [6.07, 6.45) is 1.02. The second-order valence-corrected chi connectivity index (χ2v) is 7.34. The lowest BCUT2D eigenvalue weighted by Gasteiger charge is -2.11. The maximum atomic E-state index is 12.4. The van der Waals surface area contributed by atoms with Gasteiger partial charge < -0.3 is 5.32 Å². The van der Waals surface area contributed by atoms with Crippen molar-refractivity contribution in [3.8, 4) is 11.3 Å².